The molecule has 0 bridgehead atoms. The molecule has 1 nitrogen and oxygen atoms in total. The molecule has 0 aliphatic carbocycles. The van der Waals surface area contributed by atoms with Crippen LogP contribution in [0.1, 0.15) is 25.8 Å². The second-order valence-corrected chi connectivity index (χ2v) is 6.15. The largest absolute Gasteiger partial charge is 0.257 e. The van der Waals surface area contributed by atoms with Gasteiger partial charge in [-0.3, -0.25) is 4.99 Å². The van der Waals surface area contributed by atoms with Gasteiger partial charge in [0.1, 0.15) is 0 Å². The Kier molecular flexibility index (Phi) is 5.25. The highest BCUT2D eigenvalue weighted by molar-refractivity contribution is 5.87. The van der Waals surface area contributed by atoms with Crippen molar-refractivity contribution < 1.29 is 0 Å². The van der Waals surface area contributed by atoms with Crippen LogP contribution in [0.15, 0.2) is 83.9 Å². The predicted molar refractivity (Wildman–Crippen MR) is 109 cm³/mol. The molecule has 3 rings (SSSR count). The lowest BCUT2D eigenvalue weighted by Gasteiger charge is -2.08. The van der Waals surface area contributed by atoms with Gasteiger partial charge >= 0.3 is 0 Å². The zero-order valence-electron chi connectivity index (χ0n) is 14.9. The van der Waals surface area contributed by atoms with E-state index in [1.54, 1.807) is 0 Å². The highest BCUT2D eigenvalue weighted by Crippen LogP contribution is 2.22. The van der Waals surface area contributed by atoms with Crippen LogP contribution in [0, 0.1) is 0 Å². The van der Waals surface area contributed by atoms with Crippen molar-refractivity contribution in [2.75, 3.05) is 0 Å². The minimum atomic E-state index is 0.935. The summed E-state index contributed by atoms with van der Waals surface area (Å²) in [7, 11) is 0. The molecule has 0 aliphatic heterocycles. The first kappa shape index (κ1) is 16.9. The summed E-state index contributed by atoms with van der Waals surface area (Å²) in [5.74, 6) is 0. The fourth-order valence-corrected chi connectivity index (χ4v) is 2.75. The quantitative estimate of drug-likeness (QED) is 0.612. The Morgan fingerprint density at radius 2 is 1.40 bits per heavy atom. The Bertz CT molecular complexity index is 980. The lowest BCUT2D eigenvalue weighted by molar-refractivity contribution is 1.25. The van der Waals surface area contributed by atoms with Gasteiger partial charge in [0.25, 0.3) is 0 Å². The Balaban J connectivity index is 2.14. The molecule has 124 valence electrons. The zero-order chi connectivity index (χ0) is 17.6. The number of hydrogen-bond acceptors (Lipinski definition) is 1. The number of rotatable bonds is 4. The molecule has 1 heteroatoms. The fourth-order valence-electron chi connectivity index (χ4n) is 2.75. The monoisotopic (exact) mass is 325 g/mol. The minimum Gasteiger partial charge on any atom is -0.257 e. The van der Waals surface area contributed by atoms with Crippen molar-refractivity contribution in [3.8, 4) is 11.1 Å². The van der Waals surface area contributed by atoms with Crippen molar-refractivity contribution in [3.63, 3.8) is 0 Å². The summed E-state index contributed by atoms with van der Waals surface area (Å²) in [5, 5.41) is 2.08. The highest BCUT2D eigenvalue weighted by Gasteiger charge is 2.04. The van der Waals surface area contributed by atoms with Crippen molar-refractivity contribution in [2.24, 2.45) is 4.99 Å². The molecule has 0 aliphatic rings. The van der Waals surface area contributed by atoms with Gasteiger partial charge in [0.05, 0.1) is 5.70 Å². The van der Waals surface area contributed by atoms with Crippen LogP contribution in [0.25, 0.3) is 23.4 Å². The molecule has 0 atom stereocenters. The molecule has 25 heavy (non-hydrogen) atoms. The normalized spacial score (nSPS) is 12.8. The molecule has 0 saturated heterocycles. The molecule has 0 amide bonds. The smallest absolute Gasteiger partial charge is 0.0779 e. The van der Waals surface area contributed by atoms with Crippen LogP contribution in [0.5, 0.6) is 0 Å². The van der Waals surface area contributed by atoms with Crippen LogP contribution in [0.4, 0.5) is 0 Å². The molecule has 0 N–H and O–H groups in total. The van der Waals surface area contributed by atoms with E-state index in [0.29, 0.717) is 0 Å². The van der Waals surface area contributed by atoms with Gasteiger partial charge in [0, 0.05) is 16.5 Å². The summed E-state index contributed by atoms with van der Waals surface area (Å²) in [6.45, 7) is 8.38. The number of aliphatic imine (C=N–C) groups is 1. The average Bonchev–Trinajstić information content (AvgIpc) is 2.67. The second kappa shape index (κ2) is 7.76. The molecule has 0 fully saturated rings. The van der Waals surface area contributed by atoms with Crippen molar-refractivity contribution in [3.05, 3.63) is 94.9 Å². The highest BCUT2D eigenvalue weighted by atomic mass is 14.8. The van der Waals surface area contributed by atoms with E-state index in [4.69, 9.17) is 4.99 Å². The zero-order valence-corrected chi connectivity index (χ0v) is 14.9. The van der Waals surface area contributed by atoms with Gasteiger partial charge in [-0.25, -0.2) is 0 Å². The first-order valence-corrected chi connectivity index (χ1v) is 8.67. The first-order chi connectivity index (χ1) is 12.2. The number of hydrogen-bond donors (Lipinski definition) is 0. The molecule has 0 aromatic heterocycles. The standard InChI is InChI=1S/C24H23N/c1-4-19(3)25-24(23-13-9-8-10-18(23)2)22-16-14-21(15-17-22)20-11-6-5-7-12-20/h5-17H,2,4H2,1,3H3/b24-23-,25-19?. The maximum absolute atomic E-state index is 4.89. The SMILES string of the molecule is C=c1cccc/c1=C(/N=C(C)CC)c1ccc(-c2ccccc2)cc1. The van der Waals surface area contributed by atoms with E-state index in [-0.39, 0.29) is 0 Å². The fraction of sp³-hybridized carbons (Fsp3) is 0.125. The maximum Gasteiger partial charge on any atom is 0.0779 e. The van der Waals surface area contributed by atoms with E-state index in [0.717, 1.165) is 33.8 Å². The van der Waals surface area contributed by atoms with Gasteiger partial charge in [0.2, 0.25) is 0 Å². The van der Waals surface area contributed by atoms with E-state index < -0.39 is 0 Å². The van der Waals surface area contributed by atoms with Crippen LogP contribution in [-0.4, -0.2) is 5.71 Å². The van der Waals surface area contributed by atoms with Crippen LogP contribution < -0.4 is 10.4 Å². The van der Waals surface area contributed by atoms with Crippen molar-refractivity contribution in [2.45, 2.75) is 20.3 Å². The van der Waals surface area contributed by atoms with Gasteiger partial charge in [-0.15, -0.1) is 0 Å². The van der Waals surface area contributed by atoms with Gasteiger partial charge in [-0.1, -0.05) is 92.4 Å². The molecular formula is C24H23N. The number of nitrogens with zero attached hydrogens (tertiary/aromatic N) is 1. The lowest BCUT2D eigenvalue weighted by Crippen LogP contribution is -2.25. The molecule has 0 saturated carbocycles. The molecule has 0 heterocycles. The Labute approximate surface area is 149 Å². The van der Waals surface area contributed by atoms with E-state index in [2.05, 4.69) is 75.0 Å². The van der Waals surface area contributed by atoms with E-state index in [1.165, 1.54) is 11.1 Å². The van der Waals surface area contributed by atoms with Crippen molar-refractivity contribution in [1.29, 1.82) is 0 Å². The Morgan fingerprint density at radius 1 is 0.800 bits per heavy atom. The number of benzene rings is 3. The first-order valence-electron chi connectivity index (χ1n) is 8.67. The topological polar surface area (TPSA) is 12.4 Å². The molecule has 0 radical (unpaired) electrons. The second-order valence-electron chi connectivity index (χ2n) is 6.15. The lowest BCUT2D eigenvalue weighted by atomic mass is 10.0. The van der Waals surface area contributed by atoms with E-state index >= 15 is 0 Å². The summed E-state index contributed by atoms with van der Waals surface area (Å²) in [4.78, 5) is 4.89. The van der Waals surface area contributed by atoms with Gasteiger partial charge in [-0.2, -0.15) is 0 Å². The summed E-state index contributed by atoms with van der Waals surface area (Å²) in [6.07, 6.45) is 0.935. The van der Waals surface area contributed by atoms with Gasteiger partial charge < -0.3 is 0 Å². The third-order valence-electron chi connectivity index (χ3n) is 4.35. The summed E-state index contributed by atoms with van der Waals surface area (Å²) in [6, 6.07) is 27.2. The third-order valence-corrected chi connectivity index (χ3v) is 4.35. The van der Waals surface area contributed by atoms with Crippen LogP contribution in [0.3, 0.4) is 0 Å². The van der Waals surface area contributed by atoms with Crippen LogP contribution in [0.2, 0.25) is 0 Å². The summed E-state index contributed by atoms with van der Waals surface area (Å²) < 4.78 is 0. The summed E-state index contributed by atoms with van der Waals surface area (Å²) >= 11 is 0. The Morgan fingerprint density at radius 3 is 2.04 bits per heavy atom. The minimum absolute atomic E-state index is 0.935. The molecule has 3 aromatic rings. The molecule has 0 unspecified atom stereocenters. The molecular weight excluding hydrogens is 302 g/mol. The maximum atomic E-state index is 4.89. The van der Waals surface area contributed by atoms with E-state index in [9.17, 15) is 0 Å². The Hall–Kier alpha value is -2.93. The predicted octanol–water partition coefficient (Wildman–Crippen LogP) is 4.79. The summed E-state index contributed by atoms with van der Waals surface area (Å²) in [5.41, 5.74) is 5.66. The van der Waals surface area contributed by atoms with Crippen molar-refractivity contribution >= 4 is 18.0 Å². The van der Waals surface area contributed by atoms with E-state index in [1.807, 2.05) is 24.3 Å². The molecule has 3 aromatic carbocycles. The van der Waals surface area contributed by atoms with Crippen LogP contribution in [-0.2, 0) is 0 Å². The van der Waals surface area contributed by atoms with Gasteiger partial charge in [0.15, 0.2) is 0 Å². The molecule has 0 spiro atoms. The average molecular weight is 325 g/mol. The van der Waals surface area contributed by atoms with Crippen LogP contribution >= 0.6 is 0 Å². The third kappa shape index (κ3) is 3.95. The van der Waals surface area contributed by atoms with Crippen molar-refractivity contribution in [1.82, 2.24) is 0 Å². The van der Waals surface area contributed by atoms with Gasteiger partial charge in [-0.05, 0) is 29.7 Å².